The number of anilines is 1. The number of ether oxygens (including phenoxy) is 1. The van der Waals surface area contributed by atoms with Crippen LogP contribution in [-0.4, -0.2) is 13.0 Å². The van der Waals surface area contributed by atoms with E-state index in [-0.39, 0.29) is 5.91 Å². The predicted octanol–water partition coefficient (Wildman–Crippen LogP) is 3.56. The zero-order valence-electron chi connectivity index (χ0n) is 10.4. The average molecular weight is 254 g/mol. The van der Waals surface area contributed by atoms with Crippen LogP contribution in [0.3, 0.4) is 0 Å². The normalized spacial score (nSPS) is 9.71. The predicted molar refractivity (Wildman–Crippen MR) is 70.8 cm³/mol. The smallest absolute Gasteiger partial charge is 0.248 e. The second kappa shape index (κ2) is 5.73. The van der Waals surface area contributed by atoms with Crippen LogP contribution in [0.1, 0.15) is 19.4 Å². The standard InChI is InChI=1S/C13H16ClNO2/c1-8(2)5-13(16)15-11-6-9(3)10(14)7-12(11)17-4/h5-7H,1-4H3,(H,15,16). The lowest BCUT2D eigenvalue weighted by Crippen LogP contribution is -2.09. The van der Waals surface area contributed by atoms with Crippen molar-refractivity contribution in [2.24, 2.45) is 0 Å². The number of rotatable bonds is 3. The van der Waals surface area contributed by atoms with E-state index in [1.165, 1.54) is 13.2 Å². The van der Waals surface area contributed by atoms with Gasteiger partial charge < -0.3 is 10.1 Å². The number of carbonyl (C=O) groups is 1. The van der Waals surface area contributed by atoms with Gasteiger partial charge in [-0.25, -0.2) is 0 Å². The molecular formula is C13H16ClNO2. The van der Waals surface area contributed by atoms with Gasteiger partial charge in [0.15, 0.2) is 0 Å². The maximum absolute atomic E-state index is 11.6. The third kappa shape index (κ3) is 3.79. The van der Waals surface area contributed by atoms with Gasteiger partial charge in [-0.1, -0.05) is 17.2 Å². The fraction of sp³-hybridized carbons (Fsp3) is 0.308. The first-order valence-electron chi connectivity index (χ1n) is 5.24. The molecule has 0 heterocycles. The first-order valence-corrected chi connectivity index (χ1v) is 5.62. The summed E-state index contributed by atoms with van der Waals surface area (Å²) in [6.45, 7) is 5.60. The van der Waals surface area contributed by atoms with Crippen LogP contribution in [0.2, 0.25) is 5.02 Å². The number of amides is 1. The molecule has 0 aromatic heterocycles. The van der Waals surface area contributed by atoms with Crippen molar-refractivity contribution in [3.63, 3.8) is 0 Å². The van der Waals surface area contributed by atoms with E-state index in [1.54, 1.807) is 12.1 Å². The van der Waals surface area contributed by atoms with Crippen molar-refractivity contribution in [1.29, 1.82) is 0 Å². The zero-order valence-corrected chi connectivity index (χ0v) is 11.2. The highest BCUT2D eigenvalue weighted by Gasteiger charge is 2.08. The van der Waals surface area contributed by atoms with Crippen molar-refractivity contribution in [1.82, 2.24) is 0 Å². The first-order chi connectivity index (χ1) is 7.93. The molecular weight excluding hydrogens is 238 g/mol. The number of methoxy groups -OCH3 is 1. The average Bonchev–Trinajstić information content (AvgIpc) is 2.21. The van der Waals surface area contributed by atoms with Crippen LogP contribution in [0.4, 0.5) is 5.69 Å². The number of aryl methyl sites for hydroxylation is 1. The molecule has 3 nitrogen and oxygen atoms in total. The number of hydrogen-bond acceptors (Lipinski definition) is 2. The van der Waals surface area contributed by atoms with Gasteiger partial charge in [0.2, 0.25) is 5.91 Å². The molecule has 0 spiro atoms. The summed E-state index contributed by atoms with van der Waals surface area (Å²) in [5.41, 5.74) is 2.45. The number of allylic oxidation sites excluding steroid dienone is 1. The molecule has 92 valence electrons. The van der Waals surface area contributed by atoms with Crippen molar-refractivity contribution in [3.05, 3.63) is 34.4 Å². The number of hydrogen-bond donors (Lipinski definition) is 1. The number of halogens is 1. The molecule has 0 saturated heterocycles. The van der Waals surface area contributed by atoms with Crippen molar-refractivity contribution in [2.75, 3.05) is 12.4 Å². The first kappa shape index (κ1) is 13.6. The fourth-order valence-electron chi connectivity index (χ4n) is 1.36. The lowest BCUT2D eigenvalue weighted by Gasteiger charge is -2.11. The van der Waals surface area contributed by atoms with Crippen LogP contribution < -0.4 is 10.1 Å². The molecule has 0 aliphatic carbocycles. The van der Waals surface area contributed by atoms with Gasteiger partial charge >= 0.3 is 0 Å². The molecule has 0 radical (unpaired) electrons. The molecule has 0 fully saturated rings. The Kier molecular flexibility index (Phi) is 4.58. The van der Waals surface area contributed by atoms with E-state index in [2.05, 4.69) is 5.32 Å². The number of benzene rings is 1. The molecule has 0 saturated carbocycles. The summed E-state index contributed by atoms with van der Waals surface area (Å²) in [6.07, 6.45) is 1.53. The second-order valence-electron chi connectivity index (χ2n) is 4.01. The summed E-state index contributed by atoms with van der Waals surface area (Å²) in [4.78, 5) is 11.6. The topological polar surface area (TPSA) is 38.3 Å². The highest BCUT2D eigenvalue weighted by molar-refractivity contribution is 6.31. The SMILES string of the molecule is COc1cc(Cl)c(C)cc1NC(=O)C=C(C)C. The minimum absolute atomic E-state index is 0.176. The van der Waals surface area contributed by atoms with Crippen LogP contribution in [0, 0.1) is 6.92 Å². The summed E-state index contributed by atoms with van der Waals surface area (Å²) < 4.78 is 5.17. The van der Waals surface area contributed by atoms with Crippen molar-refractivity contribution in [3.8, 4) is 5.75 Å². The molecule has 1 amide bonds. The van der Waals surface area contributed by atoms with Gasteiger partial charge in [-0.3, -0.25) is 4.79 Å². The highest BCUT2D eigenvalue weighted by atomic mass is 35.5. The van der Waals surface area contributed by atoms with E-state index in [9.17, 15) is 4.79 Å². The Morgan fingerprint density at radius 1 is 1.41 bits per heavy atom. The Morgan fingerprint density at radius 2 is 2.06 bits per heavy atom. The Hall–Kier alpha value is -1.48. The zero-order chi connectivity index (χ0) is 13.0. The molecule has 1 aromatic rings. The van der Waals surface area contributed by atoms with Crippen LogP contribution >= 0.6 is 11.6 Å². The monoisotopic (exact) mass is 253 g/mol. The Labute approximate surface area is 106 Å². The van der Waals surface area contributed by atoms with E-state index >= 15 is 0 Å². The molecule has 0 aliphatic heterocycles. The van der Waals surface area contributed by atoms with Crippen LogP contribution in [0.15, 0.2) is 23.8 Å². The fourth-order valence-corrected chi connectivity index (χ4v) is 1.51. The summed E-state index contributed by atoms with van der Waals surface area (Å²) in [5, 5.41) is 3.37. The molecule has 4 heteroatoms. The van der Waals surface area contributed by atoms with Gasteiger partial charge in [0.1, 0.15) is 5.75 Å². The minimum atomic E-state index is -0.176. The van der Waals surface area contributed by atoms with Crippen molar-refractivity contribution in [2.45, 2.75) is 20.8 Å². The minimum Gasteiger partial charge on any atom is -0.495 e. The lowest BCUT2D eigenvalue weighted by molar-refractivity contribution is -0.112. The molecule has 1 rings (SSSR count). The van der Waals surface area contributed by atoms with Gasteiger partial charge in [0.05, 0.1) is 12.8 Å². The lowest BCUT2D eigenvalue weighted by atomic mass is 10.2. The molecule has 0 aliphatic rings. The van der Waals surface area contributed by atoms with E-state index < -0.39 is 0 Å². The van der Waals surface area contributed by atoms with E-state index in [0.717, 1.165) is 11.1 Å². The number of carbonyl (C=O) groups excluding carboxylic acids is 1. The van der Waals surface area contributed by atoms with Gasteiger partial charge in [-0.2, -0.15) is 0 Å². The van der Waals surface area contributed by atoms with Crippen molar-refractivity contribution >= 4 is 23.2 Å². The van der Waals surface area contributed by atoms with Gasteiger partial charge in [0.25, 0.3) is 0 Å². The van der Waals surface area contributed by atoms with E-state index in [1.807, 2.05) is 20.8 Å². The maximum Gasteiger partial charge on any atom is 0.248 e. The molecule has 0 bridgehead atoms. The summed E-state index contributed by atoms with van der Waals surface area (Å²) in [7, 11) is 1.54. The summed E-state index contributed by atoms with van der Waals surface area (Å²) in [6, 6.07) is 3.48. The van der Waals surface area contributed by atoms with Crippen LogP contribution in [0.5, 0.6) is 5.75 Å². The summed E-state index contributed by atoms with van der Waals surface area (Å²) in [5.74, 6) is 0.376. The van der Waals surface area contributed by atoms with Crippen LogP contribution in [-0.2, 0) is 4.79 Å². The van der Waals surface area contributed by atoms with E-state index in [4.69, 9.17) is 16.3 Å². The molecule has 1 aromatic carbocycles. The van der Waals surface area contributed by atoms with Crippen molar-refractivity contribution < 1.29 is 9.53 Å². The highest BCUT2D eigenvalue weighted by Crippen LogP contribution is 2.30. The quantitative estimate of drug-likeness (QED) is 0.837. The second-order valence-corrected chi connectivity index (χ2v) is 4.42. The molecule has 17 heavy (non-hydrogen) atoms. The van der Waals surface area contributed by atoms with Gasteiger partial charge in [-0.15, -0.1) is 0 Å². The Bertz CT molecular complexity index is 463. The van der Waals surface area contributed by atoms with Crippen LogP contribution in [0.25, 0.3) is 0 Å². The van der Waals surface area contributed by atoms with E-state index in [0.29, 0.717) is 16.5 Å². The Morgan fingerprint density at radius 3 is 2.59 bits per heavy atom. The maximum atomic E-state index is 11.6. The third-order valence-electron chi connectivity index (χ3n) is 2.16. The molecule has 1 N–H and O–H groups in total. The molecule has 0 atom stereocenters. The summed E-state index contributed by atoms with van der Waals surface area (Å²) >= 11 is 5.98. The number of nitrogens with one attached hydrogen (secondary N) is 1. The van der Waals surface area contributed by atoms with Gasteiger partial charge in [0, 0.05) is 17.2 Å². The molecule has 0 unspecified atom stereocenters. The van der Waals surface area contributed by atoms with Gasteiger partial charge in [-0.05, 0) is 32.4 Å². The largest absolute Gasteiger partial charge is 0.495 e. The Balaban J connectivity index is 3.02. The third-order valence-corrected chi connectivity index (χ3v) is 2.57.